The van der Waals surface area contributed by atoms with Gasteiger partial charge in [-0.3, -0.25) is 9.59 Å². The summed E-state index contributed by atoms with van der Waals surface area (Å²) < 4.78 is 5.14. The summed E-state index contributed by atoms with van der Waals surface area (Å²) in [5.41, 5.74) is 0.582. The van der Waals surface area contributed by atoms with Gasteiger partial charge in [-0.05, 0) is 44.0 Å². The maximum atomic E-state index is 13.0. The molecule has 1 aromatic carbocycles. The summed E-state index contributed by atoms with van der Waals surface area (Å²) in [4.78, 5) is 27.3. The van der Waals surface area contributed by atoms with E-state index in [1.165, 1.54) is 0 Å². The van der Waals surface area contributed by atoms with Crippen molar-refractivity contribution >= 4 is 23.6 Å². The molecule has 3 unspecified atom stereocenters. The number of carbonyl (C=O) groups is 2. The molecule has 1 aliphatic heterocycles. The Kier molecular flexibility index (Phi) is 6.54. The van der Waals surface area contributed by atoms with Gasteiger partial charge in [0.05, 0.1) is 12.5 Å². The lowest BCUT2D eigenvalue weighted by Crippen LogP contribution is -2.51. The molecule has 1 N–H and O–H groups in total. The highest BCUT2D eigenvalue weighted by Gasteiger charge is 2.41. The first-order valence-electron chi connectivity index (χ1n) is 8.40. The molecule has 0 saturated carbocycles. The predicted octanol–water partition coefficient (Wildman–Crippen LogP) is 2.90. The molecular weight excluding hydrogens is 324 g/mol. The van der Waals surface area contributed by atoms with Gasteiger partial charge in [0.2, 0.25) is 5.91 Å². The van der Waals surface area contributed by atoms with Crippen molar-refractivity contribution in [3.05, 3.63) is 29.8 Å². The Hall–Kier alpha value is -1.69. The monoisotopic (exact) mass is 350 g/mol. The number of carbonyl (C=O) groups excluding carboxylic acids is 2. The quantitative estimate of drug-likeness (QED) is 0.857. The van der Waals surface area contributed by atoms with E-state index >= 15 is 0 Å². The fourth-order valence-corrected chi connectivity index (χ4v) is 4.03. The number of rotatable bonds is 6. The van der Waals surface area contributed by atoms with Crippen molar-refractivity contribution in [1.29, 1.82) is 0 Å². The third-order valence-electron chi connectivity index (χ3n) is 4.32. The average molecular weight is 350 g/mol. The Bertz CT molecular complexity index is 576. The molecule has 0 radical (unpaired) electrons. The van der Waals surface area contributed by atoms with Crippen LogP contribution < -0.4 is 10.1 Å². The number of nitrogens with zero attached hydrogens (tertiary/aromatic N) is 1. The van der Waals surface area contributed by atoms with Crippen molar-refractivity contribution in [2.24, 2.45) is 0 Å². The second-order valence-corrected chi connectivity index (χ2v) is 7.18. The van der Waals surface area contributed by atoms with Gasteiger partial charge in [0, 0.05) is 17.4 Å². The zero-order valence-electron chi connectivity index (χ0n) is 14.7. The van der Waals surface area contributed by atoms with Crippen LogP contribution in [-0.2, 0) is 4.79 Å². The van der Waals surface area contributed by atoms with Gasteiger partial charge in [-0.1, -0.05) is 13.8 Å². The number of thioether (sulfide) groups is 1. The highest BCUT2D eigenvalue weighted by molar-refractivity contribution is 8.00. The van der Waals surface area contributed by atoms with Crippen LogP contribution in [0, 0.1) is 0 Å². The van der Waals surface area contributed by atoms with Gasteiger partial charge >= 0.3 is 0 Å². The zero-order valence-corrected chi connectivity index (χ0v) is 15.6. The van der Waals surface area contributed by atoms with E-state index in [4.69, 9.17) is 4.74 Å². The van der Waals surface area contributed by atoms with Gasteiger partial charge < -0.3 is 15.0 Å². The first-order valence-corrected chi connectivity index (χ1v) is 9.45. The third kappa shape index (κ3) is 4.04. The predicted molar refractivity (Wildman–Crippen MR) is 97.4 cm³/mol. The fraction of sp³-hybridized carbons (Fsp3) is 0.556. The molecule has 0 bridgehead atoms. The number of ether oxygens (including phenoxy) is 1. The third-order valence-corrected chi connectivity index (χ3v) is 5.77. The number of benzene rings is 1. The normalized spacial score (nSPS) is 21.4. The van der Waals surface area contributed by atoms with Crippen LogP contribution in [0.5, 0.6) is 5.75 Å². The first-order chi connectivity index (χ1) is 11.5. The summed E-state index contributed by atoms with van der Waals surface area (Å²) in [6, 6.07) is 6.74. The van der Waals surface area contributed by atoms with Gasteiger partial charge in [0.15, 0.2) is 0 Å². The molecule has 0 aliphatic carbocycles. The minimum atomic E-state index is -0.413. The lowest BCUT2D eigenvalue weighted by atomic mass is 10.1. The highest BCUT2D eigenvalue weighted by Crippen LogP contribution is 2.33. The maximum absolute atomic E-state index is 13.0. The number of hydrogen-bond donors (Lipinski definition) is 1. The van der Waals surface area contributed by atoms with E-state index in [1.807, 2.05) is 20.8 Å². The molecule has 1 aliphatic rings. The van der Waals surface area contributed by atoms with Crippen molar-refractivity contribution in [2.75, 3.05) is 12.9 Å². The first kappa shape index (κ1) is 18.6. The van der Waals surface area contributed by atoms with E-state index < -0.39 is 6.04 Å². The largest absolute Gasteiger partial charge is 0.497 e. The second kappa shape index (κ2) is 8.42. The second-order valence-electron chi connectivity index (χ2n) is 5.97. The summed E-state index contributed by atoms with van der Waals surface area (Å²) >= 11 is 1.67. The Morgan fingerprint density at radius 2 is 2.00 bits per heavy atom. The van der Waals surface area contributed by atoms with Crippen molar-refractivity contribution in [2.45, 2.75) is 51.1 Å². The molecule has 2 rings (SSSR count). The van der Waals surface area contributed by atoms with Crippen LogP contribution in [0.2, 0.25) is 0 Å². The molecule has 6 heteroatoms. The molecule has 2 amide bonds. The molecule has 0 aromatic heterocycles. The lowest BCUT2D eigenvalue weighted by Gasteiger charge is -2.29. The molecule has 24 heavy (non-hydrogen) atoms. The van der Waals surface area contributed by atoms with Crippen molar-refractivity contribution < 1.29 is 14.3 Å². The molecule has 3 atom stereocenters. The fourth-order valence-electron chi connectivity index (χ4n) is 2.68. The van der Waals surface area contributed by atoms with E-state index in [0.29, 0.717) is 17.1 Å². The molecule has 1 aromatic rings. The van der Waals surface area contributed by atoms with Crippen LogP contribution in [0.3, 0.4) is 0 Å². The van der Waals surface area contributed by atoms with E-state index in [1.54, 1.807) is 48.0 Å². The SMILES string of the molecule is CCC(C)NC(=O)C1CSC(CC)N1C(=O)c1ccc(OC)cc1. The minimum Gasteiger partial charge on any atom is -0.497 e. The molecule has 132 valence electrons. The summed E-state index contributed by atoms with van der Waals surface area (Å²) in [6.07, 6.45) is 1.69. The zero-order chi connectivity index (χ0) is 17.7. The van der Waals surface area contributed by atoms with E-state index in [0.717, 1.165) is 12.8 Å². The molecule has 1 fully saturated rings. The van der Waals surface area contributed by atoms with Crippen LogP contribution in [0.25, 0.3) is 0 Å². The van der Waals surface area contributed by atoms with Gasteiger partial charge in [0.25, 0.3) is 5.91 Å². The lowest BCUT2D eigenvalue weighted by molar-refractivity contribution is -0.125. The maximum Gasteiger partial charge on any atom is 0.255 e. The van der Waals surface area contributed by atoms with Crippen molar-refractivity contribution in [3.63, 3.8) is 0 Å². The van der Waals surface area contributed by atoms with Crippen molar-refractivity contribution in [1.82, 2.24) is 10.2 Å². The molecule has 1 heterocycles. The Labute approximate surface area is 148 Å². The van der Waals surface area contributed by atoms with Gasteiger partial charge in [0.1, 0.15) is 11.8 Å². The number of nitrogens with one attached hydrogen (secondary N) is 1. The standard InChI is InChI=1S/C18H26N2O3S/c1-5-12(3)19-17(21)15-11-24-16(6-2)20(15)18(22)13-7-9-14(23-4)10-8-13/h7-10,12,15-16H,5-6,11H2,1-4H3,(H,19,21). The molecule has 5 nitrogen and oxygen atoms in total. The minimum absolute atomic E-state index is 0.0345. The molecule has 1 saturated heterocycles. The Morgan fingerprint density at radius 3 is 2.54 bits per heavy atom. The molecular formula is C18H26N2O3S. The van der Waals surface area contributed by atoms with Crippen LogP contribution >= 0.6 is 11.8 Å². The van der Waals surface area contributed by atoms with Gasteiger partial charge in [-0.15, -0.1) is 11.8 Å². The van der Waals surface area contributed by atoms with Crippen LogP contribution in [-0.4, -0.2) is 47.0 Å². The highest BCUT2D eigenvalue weighted by atomic mass is 32.2. The topological polar surface area (TPSA) is 58.6 Å². The number of methoxy groups -OCH3 is 1. The molecule has 0 spiro atoms. The number of amides is 2. The Balaban J connectivity index is 2.20. The van der Waals surface area contributed by atoms with Crippen LogP contribution in [0.15, 0.2) is 24.3 Å². The van der Waals surface area contributed by atoms with Gasteiger partial charge in [-0.2, -0.15) is 0 Å². The van der Waals surface area contributed by atoms with E-state index in [-0.39, 0.29) is 23.2 Å². The van der Waals surface area contributed by atoms with E-state index in [9.17, 15) is 9.59 Å². The van der Waals surface area contributed by atoms with Crippen LogP contribution in [0.4, 0.5) is 0 Å². The summed E-state index contributed by atoms with van der Waals surface area (Å²) in [5, 5.41) is 3.04. The summed E-state index contributed by atoms with van der Waals surface area (Å²) in [6.45, 7) is 6.05. The Morgan fingerprint density at radius 1 is 1.33 bits per heavy atom. The summed E-state index contributed by atoms with van der Waals surface area (Å²) in [7, 11) is 1.59. The van der Waals surface area contributed by atoms with Crippen molar-refractivity contribution in [3.8, 4) is 5.75 Å². The van der Waals surface area contributed by atoms with Gasteiger partial charge in [-0.25, -0.2) is 0 Å². The number of hydrogen-bond acceptors (Lipinski definition) is 4. The summed E-state index contributed by atoms with van der Waals surface area (Å²) in [5.74, 6) is 1.19. The smallest absolute Gasteiger partial charge is 0.255 e. The average Bonchev–Trinajstić information content (AvgIpc) is 3.05. The van der Waals surface area contributed by atoms with E-state index in [2.05, 4.69) is 5.32 Å². The van der Waals surface area contributed by atoms with Crippen LogP contribution in [0.1, 0.15) is 44.0 Å².